The first-order valence-corrected chi connectivity index (χ1v) is 9.17. The summed E-state index contributed by atoms with van der Waals surface area (Å²) in [5.41, 5.74) is 1.09. The maximum atomic E-state index is 12.3. The van der Waals surface area contributed by atoms with Crippen LogP contribution in [0.25, 0.3) is 0 Å². The Kier molecular flexibility index (Phi) is 6.78. The summed E-state index contributed by atoms with van der Waals surface area (Å²) in [6.45, 7) is -0.465. The van der Waals surface area contributed by atoms with E-state index in [1.54, 1.807) is 54.6 Å². The van der Waals surface area contributed by atoms with Crippen LogP contribution in [0.4, 0.5) is 5.69 Å². The van der Waals surface area contributed by atoms with Crippen molar-refractivity contribution < 1.29 is 23.9 Å². The van der Waals surface area contributed by atoms with Gasteiger partial charge in [0.15, 0.2) is 6.61 Å². The van der Waals surface area contributed by atoms with Crippen molar-refractivity contribution in [3.05, 3.63) is 90.0 Å². The molecule has 0 aliphatic rings. The third-order valence-electron chi connectivity index (χ3n) is 4.02. The van der Waals surface area contributed by atoms with Crippen LogP contribution in [0.15, 0.2) is 78.9 Å². The first-order chi connectivity index (χ1) is 14.5. The summed E-state index contributed by atoms with van der Waals surface area (Å²) in [5, 5.41) is 5.10. The van der Waals surface area contributed by atoms with E-state index in [2.05, 4.69) is 10.6 Å². The van der Waals surface area contributed by atoms with Gasteiger partial charge < -0.3 is 20.1 Å². The molecule has 0 radical (unpaired) electrons. The largest absolute Gasteiger partial charge is 0.457 e. The van der Waals surface area contributed by atoms with Crippen LogP contribution in [0, 0.1) is 0 Å². The fourth-order valence-electron chi connectivity index (χ4n) is 2.61. The maximum absolute atomic E-state index is 12.3. The van der Waals surface area contributed by atoms with Crippen LogP contribution in [-0.2, 0) is 9.53 Å². The van der Waals surface area contributed by atoms with E-state index in [4.69, 9.17) is 9.47 Å². The predicted molar refractivity (Wildman–Crippen MR) is 112 cm³/mol. The molecule has 30 heavy (non-hydrogen) atoms. The number of ether oxygens (including phenoxy) is 2. The van der Waals surface area contributed by atoms with Gasteiger partial charge in [0.2, 0.25) is 0 Å². The molecule has 3 rings (SSSR count). The molecule has 0 atom stereocenters. The lowest BCUT2D eigenvalue weighted by atomic mass is 10.2. The van der Waals surface area contributed by atoms with Crippen molar-refractivity contribution in [3.8, 4) is 11.5 Å². The van der Waals surface area contributed by atoms with Gasteiger partial charge in [-0.1, -0.05) is 30.3 Å². The maximum Gasteiger partial charge on any atom is 0.338 e. The Balaban J connectivity index is 1.56. The minimum atomic E-state index is -0.650. The standard InChI is InChI=1S/C23H20N2O5/c1-24-22(27)16-7-5-9-18(13-16)25-21(26)15-29-23(28)17-8-6-12-20(14-17)30-19-10-3-2-4-11-19/h2-14H,15H2,1H3,(H,24,27)(H,25,26). The van der Waals surface area contributed by atoms with Crippen molar-refractivity contribution in [2.45, 2.75) is 0 Å². The fraction of sp³-hybridized carbons (Fsp3) is 0.0870. The quantitative estimate of drug-likeness (QED) is 0.587. The molecule has 0 spiro atoms. The monoisotopic (exact) mass is 404 g/mol. The van der Waals surface area contributed by atoms with E-state index in [9.17, 15) is 14.4 Å². The second-order valence-corrected chi connectivity index (χ2v) is 6.23. The molecule has 7 heteroatoms. The lowest BCUT2D eigenvalue weighted by molar-refractivity contribution is -0.119. The number of carbonyl (C=O) groups excluding carboxylic acids is 3. The Bertz CT molecular complexity index is 1050. The van der Waals surface area contributed by atoms with Crippen molar-refractivity contribution in [2.75, 3.05) is 19.0 Å². The Labute approximate surface area is 173 Å². The highest BCUT2D eigenvalue weighted by Crippen LogP contribution is 2.22. The summed E-state index contributed by atoms with van der Waals surface area (Å²) in [5.74, 6) is -0.320. The molecule has 0 saturated heterocycles. The fourth-order valence-corrected chi connectivity index (χ4v) is 2.61. The van der Waals surface area contributed by atoms with Crippen molar-refractivity contribution in [1.82, 2.24) is 5.32 Å². The smallest absolute Gasteiger partial charge is 0.338 e. The topological polar surface area (TPSA) is 93.7 Å². The molecule has 0 aliphatic carbocycles. The van der Waals surface area contributed by atoms with E-state index in [1.807, 2.05) is 18.2 Å². The molecule has 2 amide bonds. The number of anilines is 1. The van der Waals surface area contributed by atoms with E-state index in [0.717, 1.165) is 0 Å². The van der Waals surface area contributed by atoms with Crippen LogP contribution >= 0.6 is 0 Å². The molecular weight excluding hydrogens is 384 g/mol. The summed E-state index contributed by atoms with van der Waals surface area (Å²) in [7, 11) is 1.52. The lowest BCUT2D eigenvalue weighted by Gasteiger charge is -2.09. The molecule has 0 bridgehead atoms. The number of amides is 2. The molecular formula is C23H20N2O5. The zero-order chi connectivity index (χ0) is 21.3. The van der Waals surface area contributed by atoms with Crippen LogP contribution in [0.2, 0.25) is 0 Å². The highest BCUT2D eigenvalue weighted by molar-refractivity contribution is 5.98. The zero-order valence-corrected chi connectivity index (χ0v) is 16.3. The normalized spacial score (nSPS) is 10.0. The number of hydrogen-bond acceptors (Lipinski definition) is 5. The van der Waals surface area contributed by atoms with Gasteiger partial charge in [-0.2, -0.15) is 0 Å². The molecule has 0 heterocycles. The van der Waals surface area contributed by atoms with Crippen molar-refractivity contribution >= 4 is 23.5 Å². The second-order valence-electron chi connectivity index (χ2n) is 6.23. The van der Waals surface area contributed by atoms with Crippen molar-refractivity contribution in [2.24, 2.45) is 0 Å². The Hall–Kier alpha value is -4.13. The molecule has 152 valence electrons. The number of benzene rings is 3. The van der Waals surface area contributed by atoms with Gasteiger partial charge in [0, 0.05) is 18.3 Å². The number of hydrogen-bond donors (Lipinski definition) is 2. The number of carbonyl (C=O) groups is 3. The molecule has 3 aromatic rings. The Morgan fingerprint density at radius 2 is 1.50 bits per heavy atom. The second kappa shape index (κ2) is 9.88. The first-order valence-electron chi connectivity index (χ1n) is 9.17. The van der Waals surface area contributed by atoms with Crippen LogP contribution in [0.3, 0.4) is 0 Å². The highest BCUT2D eigenvalue weighted by atomic mass is 16.5. The summed E-state index contributed by atoms with van der Waals surface area (Å²) in [6, 6.07) is 22.1. The molecule has 0 saturated carbocycles. The zero-order valence-electron chi connectivity index (χ0n) is 16.3. The summed E-state index contributed by atoms with van der Waals surface area (Å²) in [4.78, 5) is 36.0. The van der Waals surface area contributed by atoms with Gasteiger partial charge in [0.25, 0.3) is 11.8 Å². The van der Waals surface area contributed by atoms with Gasteiger partial charge in [0.1, 0.15) is 11.5 Å². The molecule has 0 aromatic heterocycles. The number of esters is 1. The Morgan fingerprint density at radius 3 is 2.27 bits per heavy atom. The molecule has 0 fully saturated rings. The molecule has 7 nitrogen and oxygen atoms in total. The average molecular weight is 404 g/mol. The summed E-state index contributed by atoms with van der Waals surface area (Å²) in [6.07, 6.45) is 0. The number of nitrogens with one attached hydrogen (secondary N) is 2. The highest BCUT2D eigenvalue weighted by Gasteiger charge is 2.12. The van der Waals surface area contributed by atoms with Gasteiger partial charge in [-0.05, 0) is 48.5 Å². The first kappa shape index (κ1) is 20.6. The summed E-state index contributed by atoms with van der Waals surface area (Å²) >= 11 is 0. The molecule has 0 unspecified atom stereocenters. The van der Waals surface area contributed by atoms with Crippen molar-refractivity contribution in [1.29, 1.82) is 0 Å². The van der Waals surface area contributed by atoms with Gasteiger partial charge in [-0.25, -0.2) is 4.79 Å². The van der Waals surface area contributed by atoms with Crippen molar-refractivity contribution in [3.63, 3.8) is 0 Å². The van der Waals surface area contributed by atoms with Crippen LogP contribution < -0.4 is 15.4 Å². The third-order valence-corrected chi connectivity index (χ3v) is 4.02. The van der Waals surface area contributed by atoms with Crippen LogP contribution in [0.1, 0.15) is 20.7 Å². The molecule has 3 aromatic carbocycles. The minimum absolute atomic E-state index is 0.262. The van der Waals surface area contributed by atoms with E-state index in [-0.39, 0.29) is 11.5 Å². The van der Waals surface area contributed by atoms with Crippen LogP contribution in [0.5, 0.6) is 11.5 Å². The van der Waals surface area contributed by atoms with Gasteiger partial charge in [-0.15, -0.1) is 0 Å². The SMILES string of the molecule is CNC(=O)c1cccc(NC(=O)COC(=O)c2cccc(Oc3ccccc3)c2)c1. The number of para-hydroxylation sites is 1. The molecule has 0 aliphatic heterocycles. The van der Waals surface area contributed by atoms with E-state index in [0.29, 0.717) is 22.7 Å². The van der Waals surface area contributed by atoms with Gasteiger partial charge >= 0.3 is 5.97 Å². The number of rotatable bonds is 7. The van der Waals surface area contributed by atoms with E-state index >= 15 is 0 Å². The lowest BCUT2D eigenvalue weighted by Crippen LogP contribution is -2.22. The van der Waals surface area contributed by atoms with E-state index < -0.39 is 18.5 Å². The van der Waals surface area contributed by atoms with Gasteiger partial charge in [0.05, 0.1) is 5.56 Å². The summed E-state index contributed by atoms with van der Waals surface area (Å²) < 4.78 is 10.8. The van der Waals surface area contributed by atoms with Gasteiger partial charge in [-0.3, -0.25) is 9.59 Å². The van der Waals surface area contributed by atoms with E-state index in [1.165, 1.54) is 13.1 Å². The average Bonchev–Trinajstić information content (AvgIpc) is 2.78. The minimum Gasteiger partial charge on any atom is -0.457 e. The molecule has 2 N–H and O–H groups in total. The van der Waals surface area contributed by atoms with Crippen LogP contribution in [-0.4, -0.2) is 31.4 Å². The third kappa shape index (κ3) is 5.68. The Morgan fingerprint density at radius 1 is 0.800 bits per heavy atom. The predicted octanol–water partition coefficient (Wildman–Crippen LogP) is 3.63.